The fraction of sp³-hybridized carbons (Fsp3) is 0.471. The van der Waals surface area contributed by atoms with Crippen molar-refractivity contribution in [3.05, 3.63) is 30.6 Å². The van der Waals surface area contributed by atoms with Gasteiger partial charge in [0.2, 0.25) is 0 Å². The highest BCUT2D eigenvalue weighted by Crippen LogP contribution is 2.43. The number of ether oxygens (including phenoxy) is 2. The third-order valence-corrected chi connectivity index (χ3v) is 4.73. The first-order valence-electron chi connectivity index (χ1n) is 8.10. The number of alkyl halides is 2. The fourth-order valence-electron chi connectivity index (χ4n) is 3.60. The number of imidazole rings is 1. The van der Waals surface area contributed by atoms with Gasteiger partial charge < -0.3 is 19.1 Å². The monoisotopic (exact) mass is 336 g/mol. The highest BCUT2D eigenvalue weighted by Gasteiger charge is 2.43. The molecule has 0 amide bonds. The number of rotatable bonds is 3. The van der Waals surface area contributed by atoms with Crippen LogP contribution in [0.5, 0.6) is 11.5 Å². The Labute approximate surface area is 137 Å². The molecule has 24 heavy (non-hydrogen) atoms. The molecule has 1 N–H and O–H groups in total. The highest BCUT2D eigenvalue weighted by molar-refractivity contribution is 5.62. The number of nitrogens with zero attached hydrogens (tertiary/aromatic N) is 2. The molecule has 2 heterocycles. The fourth-order valence-corrected chi connectivity index (χ4v) is 3.60. The van der Waals surface area contributed by atoms with E-state index in [9.17, 15) is 13.9 Å². The number of aliphatic hydroxyl groups excluding tert-OH is 1. The lowest BCUT2D eigenvalue weighted by Crippen LogP contribution is -2.25. The van der Waals surface area contributed by atoms with Crippen LogP contribution in [-0.4, -0.2) is 27.6 Å². The number of hydrogen-bond donors (Lipinski definition) is 1. The number of benzene rings is 1. The van der Waals surface area contributed by atoms with Crippen LogP contribution in [0.2, 0.25) is 0 Å². The molecular weight excluding hydrogens is 318 g/mol. The van der Waals surface area contributed by atoms with E-state index < -0.39 is 6.29 Å². The maximum Gasteiger partial charge on any atom is 0.586 e. The molecule has 2 atom stereocenters. The SMILES string of the molecule is OC[C@H]1CCC[C@@H](n2ccnc2-c2ccc3c(c2)OC(F)(F)O3)C1. The lowest BCUT2D eigenvalue weighted by atomic mass is 9.86. The topological polar surface area (TPSA) is 56.5 Å². The van der Waals surface area contributed by atoms with Gasteiger partial charge in [0.15, 0.2) is 11.5 Å². The van der Waals surface area contributed by atoms with E-state index in [0.717, 1.165) is 25.7 Å². The van der Waals surface area contributed by atoms with Crippen molar-refractivity contribution in [1.82, 2.24) is 9.55 Å². The van der Waals surface area contributed by atoms with Gasteiger partial charge in [-0.15, -0.1) is 8.78 Å². The number of aromatic nitrogens is 2. The van der Waals surface area contributed by atoms with Crippen molar-refractivity contribution in [3.63, 3.8) is 0 Å². The third kappa shape index (κ3) is 2.73. The molecule has 1 aliphatic carbocycles. The molecule has 1 aromatic carbocycles. The largest absolute Gasteiger partial charge is 0.586 e. The number of hydrogen-bond acceptors (Lipinski definition) is 4. The molecule has 1 fully saturated rings. The molecular formula is C17H18F2N2O3. The van der Waals surface area contributed by atoms with Crippen LogP contribution >= 0.6 is 0 Å². The molecule has 2 aliphatic rings. The van der Waals surface area contributed by atoms with Gasteiger partial charge in [-0.3, -0.25) is 0 Å². The van der Waals surface area contributed by atoms with Crippen molar-refractivity contribution in [3.8, 4) is 22.9 Å². The molecule has 5 nitrogen and oxygen atoms in total. The Morgan fingerprint density at radius 2 is 2.08 bits per heavy atom. The summed E-state index contributed by atoms with van der Waals surface area (Å²) in [5, 5.41) is 9.42. The minimum absolute atomic E-state index is 0.0175. The average molecular weight is 336 g/mol. The molecule has 0 radical (unpaired) electrons. The number of halogens is 2. The van der Waals surface area contributed by atoms with Crippen LogP contribution in [0, 0.1) is 5.92 Å². The summed E-state index contributed by atoms with van der Waals surface area (Å²) in [6.07, 6.45) is 3.99. The Balaban J connectivity index is 1.64. The molecule has 4 rings (SSSR count). The zero-order valence-electron chi connectivity index (χ0n) is 13.0. The lowest BCUT2D eigenvalue weighted by molar-refractivity contribution is -0.286. The van der Waals surface area contributed by atoms with E-state index in [2.05, 4.69) is 19.0 Å². The van der Waals surface area contributed by atoms with E-state index in [1.165, 1.54) is 12.1 Å². The standard InChI is InChI=1S/C17H18F2N2O3/c18-17(19)23-14-5-4-12(9-15(14)24-17)16-20-6-7-21(16)13-3-1-2-11(8-13)10-22/h4-7,9,11,13,22H,1-3,8,10H2/t11-,13+/m0/s1. The van der Waals surface area contributed by atoms with Gasteiger partial charge in [-0.2, -0.15) is 0 Å². The minimum atomic E-state index is -3.62. The Bertz CT molecular complexity index is 747. The van der Waals surface area contributed by atoms with Crippen molar-refractivity contribution in [2.75, 3.05) is 6.61 Å². The van der Waals surface area contributed by atoms with E-state index in [0.29, 0.717) is 17.3 Å². The quantitative estimate of drug-likeness (QED) is 0.930. The molecule has 1 saturated carbocycles. The summed E-state index contributed by atoms with van der Waals surface area (Å²) < 4.78 is 37.4. The second-order valence-corrected chi connectivity index (χ2v) is 6.36. The first kappa shape index (κ1) is 15.4. The van der Waals surface area contributed by atoms with Crippen LogP contribution in [0.1, 0.15) is 31.7 Å². The van der Waals surface area contributed by atoms with Gasteiger partial charge in [0.1, 0.15) is 5.82 Å². The lowest BCUT2D eigenvalue weighted by Gasteiger charge is -2.30. The Hall–Kier alpha value is -2.15. The maximum absolute atomic E-state index is 13.2. The van der Waals surface area contributed by atoms with E-state index in [-0.39, 0.29) is 24.1 Å². The molecule has 128 valence electrons. The summed E-state index contributed by atoms with van der Waals surface area (Å²) in [4.78, 5) is 4.39. The number of fused-ring (bicyclic) bond motifs is 1. The van der Waals surface area contributed by atoms with Crippen molar-refractivity contribution >= 4 is 0 Å². The minimum Gasteiger partial charge on any atom is -0.396 e. The predicted molar refractivity (Wildman–Crippen MR) is 81.9 cm³/mol. The molecule has 0 saturated heterocycles. The Kier molecular flexibility index (Phi) is 3.68. The van der Waals surface area contributed by atoms with Gasteiger partial charge in [-0.1, -0.05) is 6.42 Å². The van der Waals surface area contributed by atoms with Gasteiger partial charge in [-0.25, -0.2) is 4.98 Å². The van der Waals surface area contributed by atoms with Crippen molar-refractivity contribution in [1.29, 1.82) is 0 Å². The maximum atomic E-state index is 13.2. The molecule has 0 unspecified atom stereocenters. The van der Waals surface area contributed by atoms with Gasteiger partial charge >= 0.3 is 6.29 Å². The summed E-state index contributed by atoms with van der Waals surface area (Å²) >= 11 is 0. The predicted octanol–water partition coefficient (Wildman–Crippen LogP) is 3.60. The van der Waals surface area contributed by atoms with Crippen LogP contribution in [-0.2, 0) is 0 Å². The summed E-state index contributed by atoms with van der Waals surface area (Å²) in [6.45, 7) is 0.194. The highest BCUT2D eigenvalue weighted by atomic mass is 19.3. The van der Waals surface area contributed by atoms with Crippen LogP contribution in [0.15, 0.2) is 30.6 Å². The van der Waals surface area contributed by atoms with Crippen molar-refractivity contribution in [2.45, 2.75) is 38.0 Å². The van der Waals surface area contributed by atoms with Gasteiger partial charge in [0.05, 0.1) is 0 Å². The molecule has 1 aliphatic heterocycles. The van der Waals surface area contributed by atoms with Crippen molar-refractivity contribution < 1.29 is 23.4 Å². The van der Waals surface area contributed by atoms with E-state index in [1.807, 2.05) is 6.20 Å². The van der Waals surface area contributed by atoms with Crippen LogP contribution in [0.25, 0.3) is 11.4 Å². The van der Waals surface area contributed by atoms with Crippen LogP contribution in [0.3, 0.4) is 0 Å². The second-order valence-electron chi connectivity index (χ2n) is 6.36. The van der Waals surface area contributed by atoms with Gasteiger partial charge in [0.25, 0.3) is 0 Å². The third-order valence-electron chi connectivity index (χ3n) is 4.73. The molecule has 2 aromatic rings. The summed E-state index contributed by atoms with van der Waals surface area (Å²) in [6, 6.07) is 4.96. The van der Waals surface area contributed by atoms with E-state index in [4.69, 9.17) is 0 Å². The van der Waals surface area contributed by atoms with Crippen LogP contribution in [0.4, 0.5) is 8.78 Å². The molecule has 0 spiro atoms. The van der Waals surface area contributed by atoms with E-state index in [1.54, 1.807) is 12.3 Å². The molecule has 1 aromatic heterocycles. The molecule has 0 bridgehead atoms. The number of aliphatic hydroxyl groups is 1. The summed E-state index contributed by atoms with van der Waals surface area (Å²) in [7, 11) is 0. The zero-order valence-corrected chi connectivity index (χ0v) is 13.0. The van der Waals surface area contributed by atoms with E-state index >= 15 is 0 Å². The zero-order chi connectivity index (χ0) is 16.7. The Morgan fingerprint density at radius 1 is 1.25 bits per heavy atom. The first-order valence-corrected chi connectivity index (χ1v) is 8.10. The molecule has 7 heteroatoms. The summed E-state index contributed by atoms with van der Waals surface area (Å²) in [5.74, 6) is 1.05. The smallest absolute Gasteiger partial charge is 0.396 e. The van der Waals surface area contributed by atoms with Gasteiger partial charge in [-0.05, 0) is 43.4 Å². The Morgan fingerprint density at radius 3 is 2.92 bits per heavy atom. The second kappa shape index (κ2) is 5.73. The first-order chi connectivity index (χ1) is 11.6. The van der Waals surface area contributed by atoms with Crippen LogP contribution < -0.4 is 9.47 Å². The normalized spacial score (nSPS) is 25.0. The summed E-state index contributed by atoms with van der Waals surface area (Å²) in [5.41, 5.74) is 0.700. The van der Waals surface area contributed by atoms with Crippen molar-refractivity contribution in [2.24, 2.45) is 5.92 Å². The average Bonchev–Trinajstić information content (AvgIpc) is 3.16. The van der Waals surface area contributed by atoms with Gasteiger partial charge in [0, 0.05) is 30.6 Å².